The van der Waals surface area contributed by atoms with Gasteiger partial charge in [-0.1, -0.05) is 26.7 Å². The Morgan fingerprint density at radius 3 is 2.34 bits per heavy atom. The van der Waals surface area contributed by atoms with Crippen LogP contribution in [0, 0.1) is 6.92 Å². The Morgan fingerprint density at radius 1 is 1.28 bits per heavy atom. The van der Waals surface area contributed by atoms with Crippen molar-refractivity contribution in [3.05, 3.63) is 29.6 Å². The first kappa shape index (κ1) is 25.3. The number of nitrogens with zero attached hydrogens (tertiary/aromatic N) is 3. The van der Waals surface area contributed by atoms with Crippen molar-refractivity contribution in [2.75, 3.05) is 17.8 Å². The average Bonchev–Trinajstić information content (AvgIpc) is 3.37. The smallest absolute Gasteiger partial charge is 0.234 e. The van der Waals surface area contributed by atoms with Gasteiger partial charge >= 0.3 is 0 Å². The lowest BCUT2D eigenvalue weighted by atomic mass is 10.0. The molecule has 0 aromatic carbocycles. The van der Waals surface area contributed by atoms with Gasteiger partial charge in [-0.2, -0.15) is 16.9 Å². The van der Waals surface area contributed by atoms with Crippen LogP contribution in [0.5, 0.6) is 0 Å². The molecule has 29 heavy (non-hydrogen) atoms. The highest BCUT2D eigenvalue weighted by Gasteiger charge is 2.26. The van der Waals surface area contributed by atoms with Crippen LogP contribution >= 0.6 is 11.8 Å². The van der Waals surface area contributed by atoms with Crippen LogP contribution in [0.25, 0.3) is 0 Å². The van der Waals surface area contributed by atoms with E-state index in [9.17, 15) is 4.79 Å². The molecule has 1 aliphatic carbocycles. The fourth-order valence-electron chi connectivity index (χ4n) is 3.23. The maximum Gasteiger partial charge on any atom is 0.234 e. The second-order valence-electron chi connectivity index (χ2n) is 8.02. The van der Waals surface area contributed by atoms with E-state index in [0.29, 0.717) is 17.6 Å². The molecule has 2 aromatic heterocycles. The third-order valence-electron chi connectivity index (χ3n) is 4.39. The van der Waals surface area contributed by atoms with Gasteiger partial charge in [0.25, 0.3) is 0 Å². The number of anilines is 1. The zero-order chi connectivity index (χ0) is 22.0. The Labute approximate surface area is 180 Å². The number of hydrogen-bond acceptors (Lipinski definition) is 5. The highest BCUT2D eigenvalue weighted by atomic mass is 32.2. The fraction of sp³-hybridized carbons (Fsp3) is 0.682. The summed E-state index contributed by atoms with van der Waals surface area (Å²) in [5, 5.41) is 7.77. The third kappa shape index (κ3) is 7.88. The molecular formula is C22H38N4O2S. The van der Waals surface area contributed by atoms with Crippen LogP contribution in [0.4, 0.5) is 5.82 Å². The zero-order valence-corrected chi connectivity index (χ0v) is 20.2. The molecule has 6 nitrogen and oxygen atoms in total. The van der Waals surface area contributed by atoms with Crippen molar-refractivity contribution in [2.45, 2.75) is 85.1 Å². The van der Waals surface area contributed by atoms with Gasteiger partial charge < -0.3 is 9.73 Å². The van der Waals surface area contributed by atoms with Gasteiger partial charge in [-0.25, -0.2) is 9.67 Å². The number of thioether (sulfide) groups is 1. The summed E-state index contributed by atoms with van der Waals surface area (Å²) in [5.74, 6) is 2.26. The number of rotatable bonds is 4. The molecule has 1 amide bonds. The lowest BCUT2D eigenvalue weighted by molar-refractivity contribution is -0.115. The van der Waals surface area contributed by atoms with Gasteiger partial charge in [-0.05, 0) is 53.0 Å². The molecule has 2 heterocycles. The number of aromatic nitrogens is 3. The van der Waals surface area contributed by atoms with Crippen molar-refractivity contribution in [3.8, 4) is 0 Å². The first-order valence-electron chi connectivity index (χ1n) is 10.5. The summed E-state index contributed by atoms with van der Waals surface area (Å²) in [7, 11) is 0. The molecule has 2 aromatic rings. The van der Waals surface area contributed by atoms with Crippen LogP contribution in [-0.4, -0.2) is 33.2 Å². The van der Waals surface area contributed by atoms with Crippen molar-refractivity contribution in [3.63, 3.8) is 0 Å². The Kier molecular flexibility index (Phi) is 10.5. The monoisotopic (exact) mass is 422 g/mol. The normalized spacial score (nSPS) is 13.9. The van der Waals surface area contributed by atoms with E-state index >= 15 is 0 Å². The second-order valence-corrected chi connectivity index (χ2v) is 8.83. The number of amides is 1. The lowest BCUT2D eigenvalue weighted by Crippen LogP contribution is -2.27. The van der Waals surface area contributed by atoms with Crippen molar-refractivity contribution in [1.29, 1.82) is 0 Å². The Bertz CT molecular complexity index is 740. The van der Waals surface area contributed by atoms with Crippen molar-refractivity contribution < 1.29 is 9.21 Å². The molecule has 1 N–H and O–H groups in total. The van der Waals surface area contributed by atoms with Gasteiger partial charge in [0.2, 0.25) is 11.8 Å². The summed E-state index contributed by atoms with van der Waals surface area (Å²) in [5.41, 5.74) is 0.892. The van der Waals surface area contributed by atoms with E-state index in [1.54, 1.807) is 18.0 Å². The maximum atomic E-state index is 12.3. The highest BCUT2D eigenvalue weighted by Crippen LogP contribution is 2.35. The van der Waals surface area contributed by atoms with Gasteiger partial charge in [-0.3, -0.25) is 4.79 Å². The molecule has 0 radical (unpaired) electrons. The zero-order valence-electron chi connectivity index (χ0n) is 19.3. The molecule has 1 aliphatic rings. The fourth-order valence-corrected chi connectivity index (χ4v) is 3.23. The molecular weight excluding hydrogens is 384 g/mol. The molecule has 164 valence electrons. The van der Waals surface area contributed by atoms with Gasteiger partial charge in [0.05, 0.1) is 17.4 Å². The first-order chi connectivity index (χ1) is 13.7. The van der Waals surface area contributed by atoms with Crippen LogP contribution in [0.15, 0.2) is 16.7 Å². The van der Waals surface area contributed by atoms with Crippen molar-refractivity contribution >= 4 is 23.5 Å². The van der Waals surface area contributed by atoms with E-state index in [1.807, 2.05) is 44.0 Å². The Hall–Kier alpha value is -1.76. The molecule has 1 saturated carbocycles. The number of carbonyl (C=O) groups is 1. The molecule has 1 fully saturated rings. The number of aryl methyl sites for hydroxylation is 1. The summed E-state index contributed by atoms with van der Waals surface area (Å²) in [6.07, 6.45) is 10.7. The number of hydrogen-bond donors (Lipinski definition) is 1. The summed E-state index contributed by atoms with van der Waals surface area (Å²) in [6.45, 7) is 12.1. The van der Waals surface area contributed by atoms with Crippen molar-refractivity contribution in [1.82, 2.24) is 14.8 Å². The predicted molar refractivity (Wildman–Crippen MR) is 123 cm³/mol. The van der Waals surface area contributed by atoms with Crippen LogP contribution < -0.4 is 5.32 Å². The second kappa shape index (κ2) is 12.1. The molecule has 3 rings (SSSR count). The van der Waals surface area contributed by atoms with E-state index in [4.69, 9.17) is 9.52 Å². The van der Waals surface area contributed by atoms with Crippen LogP contribution in [0.3, 0.4) is 0 Å². The summed E-state index contributed by atoms with van der Waals surface area (Å²) >= 11 is 1.75. The minimum atomic E-state index is -0.195. The standard InChI is InChI=1S/C18H26N4O2.C2H6S.C2H6/c1-12-11-19-17(24-12)10-16(23)20-15-9-14(13-7-5-6-8-13)21-22(15)18(2,3)4;1-3-2;1-2/h9,11,13H,5-8,10H2,1-4H3,(H,20,23);1-2H3;1-2H3. The Balaban J connectivity index is 0.000000771. The summed E-state index contributed by atoms with van der Waals surface area (Å²) < 4.78 is 7.30. The first-order valence-corrected chi connectivity index (χ1v) is 12.1. The van der Waals surface area contributed by atoms with E-state index in [1.165, 1.54) is 25.7 Å². The maximum absolute atomic E-state index is 12.3. The predicted octanol–water partition coefficient (Wildman–Crippen LogP) is 5.78. The van der Waals surface area contributed by atoms with Crippen molar-refractivity contribution in [2.24, 2.45) is 0 Å². The van der Waals surface area contributed by atoms with E-state index in [2.05, 4.69) is 31.1 Å². The molecule has 0 spiro atoms. The largest absolute Gasteiger partial charge is 0.445 e. The minimum absolute atomic E-state index is 0.127. The number of carbonyl (C=O) groups excluding carboxylic acids is 1. The lowest BCUT2D eigenvalue weighted by Gasteiger charge is -2.22. The van der Waals surface area contributed by atoms with Gasteiger partial charge in [0.15, 0.2) is 0 Å². The molecule has 0 atom stereocenters. The topological polar surface area (TPSA) is 73.0 Å². The van der Waals surface area contributed by atoms with Gasteiger partial charge in [-0.15, -0.1) is 0 Å². The summed E-state index contributed by atoms with van der Waals surface area (Å²) in [4.78, 5) is 16.4. The summed E-state index contributed by atoms with van der Waals surface area (Å²) in [6, 6.07) is 2.03. The average molecular weight is 423 g/mol. The molecule has 0 bridgehead atoms. The van der Waals surface area contributed by atoms with Crippen LogP contribution in [0.1, 0.15) is 83.6 Å². The third-order valence-corrected chi connectivity index (χ3v) is 4.39. The Morgan fingerprint density at radius 2 is 1.86 bits per heavy atom. The van der Waals surface area contributed by atoms with Crippen LogP contribution in [-0.2, 0) is 16.8 Å². The van der Waals surface area contributed by atoms with Gasteiger partial charge in [0, 0.05) is 12.0 Å². The van der Waals surface area contributed by atoms with E-state index in [-0.39, 0.29) is 17.9 Å². The van der Waals surface area contributed by atoms with E-state index < -0.39 is 0 Å². The minimum Gasteiger partial charge on any atom is -0.445 e. The van der Waals surface area contributed by atoms with Crippen LogP contribution in [0.2, 0.25) is 0 Å². The number of oxazole rings is 1. The molecule has 0 aliphatic heterocycles. The van der Waals surface area contributed by atoms with E-state index in [0.717, 1.165) is 11.5 Å². The molecule has 7 heteroatoms. The SMILES string of the molecule is CC.CSC.Cc1cnc(CC(=O)Nc2cc(C3CCCC3)nn2C(C)(C)C)o1. The highest BCUT2D eigenvalue weighted by molar-refractivity contribution is 7.97. The number of nitrogens with one attached hydrogen (secondary N) is 1. The van der Waals surface area contributed by atoms with Gasteiger partial charge in [0.1, 0.15) is 18.0 Å². The molecule has 0 saturated heterocycles. The molecule has 0 unspecified atom stereocenters. The quantitative estimate of drug-likeness (QED) is 0.676.